The van der Waals surface area contributed by atoms with E-state index in [9.17, 15) is 13.2 Å². The third-order valence-corrected chi connectivity index (χ3v) is 6.89. The minimum atomic E-state index is -3.61. The van der Waals surface area contributed by atoms with Gasteiger partial charge in [-0.05, 0) is 57.2 Å². The average molecular weight is 573 g/mol. The third kappa shape index (κ3) is 5.52. The van der Waals surface area contributed by atoms with Gasteiger partial charge in [-0.2, -0.15) is 13.4 Å². The minimum Gasteiger partial charge on any atom is -0.333 e. The van der Waals surface area contributed by atoms with Crippen molar-refractivity contribution in [2.45, 2.75) is 26.3 Å². The molecule has 3 heterocycles. The molecule has 38 heavy (non-hydrogen) atoms. The van der Waals surface area contributed by atoms with Crippen LogP contribution in [-0.4, -0.2) is 34.9 Å². The van der Waals surface area contributed by atoms with Gasteiger partial charge in [-0.25, -0.2) is 14.8 Å². The Hall–Kier alpha value is -3.87. The average Bonchev–Trinajstić information content (AvgIpc) is 3.11. The van der Waals surface area contributed by atoms with E-state index in [4.69, 9.17) is 23.2 Å². The van der Waals surface area contributed by atoms with Crippen LogP contribution in [0.25, 0.3) is 22.2 Å². The number of urea groups is 1. The number of anilines is 5. The van der Waals surface area contributed by atoms with Crippen molar-refractivity contribution in [3.8, 4) is 11.1 Å². The first-order valence-corrected chi connectivity index (χ1v) is 13.5. The summed E-state index contributed by atoms with van der Waals surface area (Å²) < 4.78 is 28.3. The van der Waals surface area contributed by atoms with Gasteiger partial charge in [0.1, 0.15) is 5.82 Å². The Kier molecular flexibility index (Phi) is 6.41. The molecule has 0 aliphatic carbocycles. The normalized spacial score (nSPS) is 13.8. The van der Waals surface area contributed by atoms with Crippen molar-refractivity contribution in [3.05, 3.63) is 58.7 Å². The highest BCUT2D eigenvalue weighted by atomic mass is 35.5. The summed E-state index contributed by atoms with van der Waals surface area (Å²) in [5, 5.41) is 10.0. The Morgan fingerprint density at radius 1 is 0.974 bits per heavy atom. The Labute approximate surface area is 228 Å². The largest absolute Gasteiger partial charge is 0.333 e. The first-order chi connectivity index (χ1) is 17.9. The Balaban J connectivity index is 1.54. The number of pyridine rings is 1. The summed E-state index contributed by atoms with van der Waals surface area (Å²) in [5.74, 6) is 0.421. The van der Waals surface area contributed by atoms with Crippen molar-refractivity contribution in [2.24, 2.45) is 0 Å². The number of amides is 2. The van der Waals surface area contributed by atoms with Crippen LogP contribution in [-0.2, 0) is 10.2 Å². The Morgan fingerprint density at radius 2 is 1.68 bits per heavy atom. The second kappa shape index (κ2) is 9.46. The van der Waals surface area contributed by atoms with Crippen LogP contribution in [0.4, 0.5) is 33.6 Å². The molecule has 0 fully saturated rings. The van der Waals surface area contributed by atoms with Crippen LogP contribution >= 0.6 is 23.2 Å². The summed E-state index contributed by atoms with van der Waals surface area (Å²) in [6.07, 6.45) is 1.57. The zero-order valence-electron chi connectivity index (χ0n) is 20.3. The molecule has 1 aliphatic rings. The van der Waals surface area contributed by atoms with E-state index in [1.165, 1.54) is 0 Å². The van der Waals surface area contributed by atoms with E-state index in [1.54, 1.807) is 48.7 Å². The summed E-state index contributed by atoms with van der Waals surface area (Å²) in [6, 6.07) is 11.3. The summed E-state index contributed by atoms with van der Waals surface area (Å²) >= 11 is 12.9. The highest BCUT2D eigenvalue weighted by molar-refractivity contribution is 7.94. The molecule has 2 aromatic carbocycles. The van der Waals surface area contributed by atoms with Gasteiger partial charge in [0.15, 0.2) is 5.65 Å². The molecule has 2 amide bonds. The van der Waals surface area contributed by atoms with Gasteiger partial charge in [0.2, 0.25) is 5.95 Å². The van der Waals surface area contributed by atoms with E-state index in [0.29, 0.717) is 49.3 Å². The molecule has 0 saturated carbocycles. The molecule has 0 radical (unpaired) electrons. The number of aromatic nitrogens is 3. The second-order valence-electron chi connectivity index (χ2n) is 9.51. The van der Waals surface area contributed by atoms with E-state index in [0.717, 1.165) is 0 Å². The molecule has 0 saturated heterocycles. The highest BCUT2D eigenvalue weighted by Gasteiger charge is 2.23. The fourth-order valence-corrected chi connectivity index (χ4v) is 5.36. The van der Waals surface area contributed by atoms with E-state index in [1.807, 2.05) is 20.8 Å². The fraction of sp³-hybridized carbons (Fsp3) is 0.167. The molecule has 4 aromatic rings. The SMILES string of the molecule is CC(C)(C)NC(=O)Nc1nc2nc(Nc3ccc4c(c3)NS(=O)(=O)N4)ncc2cc1-c1c(Cl)cccc1Cl. The summed E-state index contributed by atoms with van der Waals surface area (Å²) in [5.41, 5.74) is 2.20. The van der Waals surface area contributed by atoms with E-state index in [2.05, 4.69) is 40.3 Å². The zero-order valence-corrected chi connectivity index (χ0v) is 22.7. The van der Waals surface area contributed by atoms with Crippen LogP contribution in [0, 0.1) is 0 Å². The highest BCUT2D eigenvalue weighted by Crippen LogP contribution is 2.39. The number of hydrogen-bond donors (Lipinski definition) is 5. The molecule has 0 unspecified atom stereocenters. The van der Waals surface area contributed by atoms with Gasteiger partial charge in [0.05, 0.1) is 21.4 Å². The molecule has 2 aromatic heterocycles. The van der Waals surface area contributed by atoms with Crippen molar-refractivity contribution < 1.29 is 13.2 Å². The number of hydrogen-bond acceptors (Lipinski definition) is 7. The monoisotopic (exact) mass is 572 g/mol. The Morgan fingerprint density at radius 3 is 2.39 bits per heavy atom. The first kappa shape index (κ1) is 25.8. The predicted molar refractivity (Wildman–Crippen MR) is 151 cm³/mol. The fourth-order valence-electron chi connectivity index (χ4n) is 3.78. The van der Waals surface area contributed by atoms with E-state index < -0.39 is 21.8 Å². The molecular weight excluding hydrogens is 551 g/mol. The molecule has 5 N–H and O–H groups in total. The smallest absolute Gasteiger partial charge is 0.321 e. The molecule has 0 spiro atoms. The number of carbonyl (C=O) groups is 1. The summed E-state index contributed by atoms with van der Waals surface area (Å²) in [4.78, 5) is 26.2. The number of nitrogens with zero attached hydrogens (tertiary/aromatic N) is 3. The van der Waals surface area contributed by atoms with Crippen LogP contribution in [0.15, 0.2) is 48.7 Å². The van der Waals surface area contributed by atoms with Crippen LogP contribution in [0.1, 0.15) is 20.8 Å². The van der Waals surface area contributed by atoms with Gasteiger partial charge < -0.3 is 10.6 Å². The molecule has 11 nitrogen and oxygen atoms in total. The molecule has 0 bridgehead atoms. The van der Waals surface area contributed by atoms with Crippen molar-refractivity contribution >= 4 is 79.3 Å². The quantitative estimate of drug-likeness (QED) is 0.209. The predicted octanol–water partition coefficient (Wildman–Crippen LogP) is 5.74. The minimum absolute atomic E-state index is 0.205. The van der Waals surface area contributed by atoms with Crippen molar-refractivity contribution in [1.82, 2.24) is 20.3 Å². The van der Waals surface area contributed by atoms with Crippen molar-refractivity contribution in [3.63, 3.8) is 0 Å². The number of fused-ring (bicyclic) bond motifs is 2. The number of nitrogens with one attached hydrogen (secondary N) is 5. The summed E-state index contributed by atoms with van der Waals surface area (Å²) in [7, 11) is -3.61. The van der Waals surface area contributed by atoms with Gasteiger partial charge in [-0.3, -0.25) is 14.8 Å². The van der Waals surface area contributed by atoms with Crippen LogP contribution in [0.5, 0.6) is 0 Å². The third-order valence-electron chi connectivity index (χ3n) is 5.29. The maximum absolute atomic E-state index is 12.7. The Bertz CT molecular complexity index is 1690. The van der Waals surface area contributed by atoms with Gasteiger partial charge in [0.25, 0.3) is 0 Å². The van der Waals surface area contributed by atoms with Gasteiger partial charge >= 0.3 is 16.2 Å². The van der Waals surface area contributed by atoms with Crippen LogP contribution < -0.4 is 25.4 Å². The number of carbonyl (C=O) groups excluding carboxylic acids is 1. The summed E-state index contributed by atoms with van der Waals surface area (Å²) in [6.45, 7) is 5.58. The van der Waals surface area contributed by atoms with Crippen LogP contribution in [0.3, 0.4) is 0 Å². The maximum Gasteiger partial charge on any atom is 0.321 e. The second-order valence-corrected chi connectivity index (χ2v) is 11.7. The lowest BCUT2D eigenvalue weighted by atomic mass is 10.0. The molecule has 196 valence electrons. The van der Waals surface area contributed by atoms with Gasteiger partial charge in [-0.15, -0.1) is 0 Å². The lowest BCUT2D eigenvalue weighted by Crippen LogP contribution is -2.43. The molecule has 5 rings (SSSR count). The van der Waals surface area contributed by atoms with Gasteiger partial charge in [0, 0.05) is 33.9 Å². The number of benzene rings is 2. The topological polar surface area (TPSA) is 150 Å². The van der Waals surface area contributed by atoms with E-state index in [-0.39, 0.29) is 11.8 Å². The lowest BCUT2D eigenvalue weighted by Gasteiger charge is -2.21. The van der Waals surface area contributed by atoms with E-state index >= 15 is 0 Å². The standard InChI is InChI=1S/C24H22Cl2N8O3S/c1-24(2,3)32-23(35)31-21-14(19-15(25)5-4-6-16(19)26)9-12-11-27-22(30-20(12)29-21)28-13-7-8-17-18(10-13)34-38(36,37)33-17/h4-11,33-34H,1-3H3,(H3,27,28,29,30,31,32,35). The maximum atomic E-state index is 12.7. The van der Waals surface area contributed by atoms with Crippen LogP contribution in [0.2, 0.25) is 10.0 Å². The number of rotatable bonds is 4. The molecular formula is C24H22Cl2N8O3S. The lowest BCUT2D eigenvalue weighted by molar-refractivity contribution is 0.243. The van der Waals surface area contributed by atoms with Crippen molar-refractivity contribution in [2.75, 3.05) is 20.1 Å². The van der Waals surface area contributed by atoms with Gasteiger partial charge in [-0.1, -0.05) is 29.3 Å². The molecule has 1 aliphatic heterocycles. The molecule has 0 atom stereocenters. The number of halogens is 2. The first-order valence-electron chi connectivity index (χ1n) is 11.3. The molecule has 14 heteroatoms. The van der Waals surface area contributed by atoms with Crippen molar-refractivity contribution in [1.29, 1.82) is 0 Å². The zero-order chi connectivity index (χ0) is 27.2.